The van der Waals surface area contributed by atoms with Crippen molar-refractivity contribution in [3.63, 3.8) is 0 Å². The Labute approximate surface area is 99.9 Å². The fourth-order valence-electron chi connectivity index (χ4n) is 1.45. The molecule has 0 aromatic heterocycles. The normalized spacial score (nSPS) is 9.94. The van der Waals surface area contributed by atoms with Crippen molar-refractivity contribution >= 4 is 23.3 Å². The molecule has 0 unspecified atom stereocenters. The van der Waals surface area contributed by atoms with Gasteiger partial charge in [0.1, 0.15) is 0 Å². The summed E-state index contributed by atoms with van der Waals surface area (Å²) in [5.41, 5.74) is 2.18. The molecule has 1 N–H and O–H groups in total. The second-order valence-corrected chi connectivity index (χ2v) is 3.94. The third-order valence-corrected chi connectivity index (χ3v) is 2.54. The molecule has 0 fully saturated rings. The van der Waals surface area contributed by atoms with Crippen LogP contribution in [0.1, 0.15) is 24.5 Å². The molecule has 0 amide bonds. The first-order chi connectivity index (χ1) is 7.54. The summed E-state index contributed by atoms with van der Waals surface area (Å²) < 4.78 is 4.58. The van der Waals surface area contributed by atoms with E-state index in [1.807, 2.05) is 6.07 Å². The lowest BCUT2D eigenvalue weighted by Crippen LogP contribution is -2.05. The molecule has 0 heterocycles. The molecule has 0 aliphatic heterocycles. The molecule has 3 nitrogen and oxygen atoms in total. The third kappa shape index (κ3) is 3.35. The minimum atomic E-state index is -0.247. The van der Waals surface area contributed by atoms with Crippen molar-refractivity contribution in [1.29, 1.82) is 5.41 Å². The molecule has 0 atom stereocenters. The molecule has 0 aliphatic rings. The number of nitrogens with one attached hydrogen (secondary N) is 1. The van der Waals surface area contributed by atoms with Gasteiger partial charge in [-0.05, 0) is 36.6 Å². The molecule has 0 saturated heterocycles. The molecule has 86 valence electrons. The van der Waals surface area contributed by atoms with Gasteiger partial charge in [-0.2, -0.15) is 0 Å². The lowest BCUT2D eigenvalue weighted by molar-refractivity contribution is -0.140. The van der Waals surface area contributed by atoms with E-state index in [1.165, 1.54) is 7.11 Å². The Hall–Kier alpha value is -1.35. The van der Waals surface area contributed by atoms with Gasteiger partial charge in [0, 0.05) is 17.2 Å². The molecule has 0 aliphatic carbocycles. The van der Waals surface area contributed by atoms with Gasteiger partial charge in [-0.1, -0.05) is 17.7 Å². The maximum Gasteiger partial charge on any atom is 0.305 e. The highest BCUT2D eigenvalue weighted by atomic mass is 35.5. The monoisotopic (exact) mass is 239 g/mol. The molecule has 0 radical (unpaired) electrons. The number of hydrogen-bond donors (Lipinski definition) is 1. The largest absolute Gasteiger partial charge is 0.469 e. The number of benzene rings is 1. The average molecular weight is 240 g/mol. The fraction of sp³-hybridized carbons (Fsp3) is 0.333. The maximum absolute atomic E-state index is 11.0. The molecular weight excluding hydrogens is 226 g/mol. The SMILES string of the molecule is COC(=O)CCc1ccc(Cl)cc1C(C)=N. The number of carbonyl (C=O) groups is 1. The van der Waals surface area contributed by atoms with Gasteiger partial charge in [0.2, 0.25) is 0 Å². The van der Waals surface area contributed by atoms with Crippen LogP contribution in [-0.4, -0.2) is 18.8 Å². The molecule has 0 saturated carbocycles. The summed E-state index contributed by atoms with van der Waals surface area (Å²) in [4.78, 5) is 11.0. The smallest absolute Gasteiger partial charge is 0.305 e. The van der Waals surface area contributed by atoms with Crippen molar-refractivity contribution < 1.29 is 9.53 Å². The standard InChI is InChI=1S/C12H14ClNO2/c1-8(14)11-7-10(13)5-3-9(11)4-6-12(15)16-2/h3,5,7,14H,4,6H2,1-2H3. The van der Waals surface area contributed by atoms with Crippen molar-refractivity contribution in [1.82, 2.24) is 0 Å². The molecule has 1 rings (SSSR count). The number of aryl methyl sites for hydroxylation is 1. The van der Waals surface area contributed by atoms with E-state index in [0.717, 1.165) is 11.1 Å². The number of hydrogen-bond acceptors (Lipinski definition) is 3. The Bertz CT molecular complexity index is 415. The zero-order chi connectivity index (χ0) is 12.1. The van der Waals surface area contributed by atoms with Gasteiger partial charge in [0.05, 0.1) is 7.11 Å². The highest BCUT2D eigenvalue weighted by Gasteiger charge is 2.08. The van der Waals surface area contributed by atoms with E-state index < -0.39 is 0 Å². The van der Waals surface area contributed by atoms with E-state index in [0.29, 0.717) is 23.6 Å². The first kappa shape index (κ1) is 12.7. The number of esters is 1. The van der Waals surface area contributed by atoms with E-state index in [4.69, 9.17) is 17.0 Å². The lowest BCUT2D eigenvalue weighted by Gasteiger charge is -2.08. The Balaban J connectivity index is 2.87. The van der Waals surface area contributed by atoms with Crippen molar-refractivity contribution in [3.05, 3.63) is 34.3 Å². The maximum atomic E-state index is 11.0. The molecule has 1 aromatic carbocycles. The van der Waals surface area contributed by atoms with E-state index >= 15 is 0 Å². The van der Waals surface area contributed by atoms with Crippen molar-refractivity contribution in [2.75, 3.05) is 7.11 Å². The van der Waals surface area contributed by atoms with Crippen LogP contribution in [0.2, 0.25) is 5.02 Å². The first-order valence-corrected chi connectivity index (χ1v) is 5.33. The van der Waals surface area contributed by atoms with Crippen LogP contribution in [0.5, 0.6) is 0 Å². The van der Waals surface area contributed by atoms with Crippen molar-refractivity contribution in [2.24, 2.45) is 0 Å². The van der Waals surface area contributed by atoms with Crippen molar-refractivity contribution in [3.8, 4) is 0 Å². The summed E-state index contributed by atoms with van der Waals surface area (Å²) in [6, 6.07) is 5.36. The summed E-state index contributed by atoms with van der Waals surface area (Å²) in [6.07, 6.45) is 0.883. The zero-order valence-electron chi connectivity index (χ0n) is 9.34. The molecule has 4 heteroatoms. The molecular formula is C12H14ClNO2. The van der Waals surface area contributed by atoms with Crippen LogP contribution in [0, 0.1) is 5.41 Å². The summed E-state index contributed by atoms with van der Waals surface area (Å²) >= 11 is 5.86. The Kier molecular flexibility index (Phi) is 4.50. The third-order valence-electron chi connectivity index (χ3n) is 2.30. The van der Waals surface area contributed by atoms with Gasteiger partial charge in [-0.25, -0.2) is 0 Å². The van der Waals surface area contributed by atoms with Gasteiger partial charge in [-0.3, -0.25) is 4.79 Å². The van der Waals surface area contributed by atoms with Crippen LogP contribution >= 0.6 is 11.6 Å². The van der Waals surface area contributed by atoms with E-state index in [2.05, 4.69) is 4.74 Å². The number of halogens is 1. The highest BCUT2D eigenvalue weighted by molar-refractivity contribution is 6.31. The minimum Gasteiger partial charge on any atom is -0.469 e. The van der Waals surface area contributed by atoms with E-state index in [9.17, 15) is 4.79 Å². The molecule has 1 aromatic rings. The van der Waals surface area contributed by atoms with Gasteiger partial charge in [0.25, 0.3) is 0 Å². The van der Waals surface area contributed by atoms with Crippen LogP contribution in [0.15, 0.2) is 18.2 Å². The summed E-state index contributed by atoms with van der Waals surface area (Å²) in [6.45, 7) is 1.70. The van der Waals surface area contributed by atoms with Crippen LogP contribution in [-0.2, 0) is 16.0 Å². The number of methoxy groups -OCH3 is 1. The molecule has 16 heavy (non-hydrogen) atoms. The number of rotatable bonds is 4. The highest BCUT2D eigenvalue weighted by Crippen LogP contribution is 2.18. The lowest BCUT2D eigenvalue weighted by atomic mass is 10.00. The topological polar surface area (TPSA) is 50.2 Å². The van der Waals surface area contributed by atoms with Gasteiger partial charge < -0.3 is 10.1 Å². The van der Waals surface area contributed by atoms with E-state index in [-0.39, 0.29) is 5.97 Å². The fourth-order valence-corrected chi connectivity index (χ4v) is 1.63. The van der Waals surface area contributed by atoms with E-state index in [1.54, 1.807) is 19.1 Å². The predicted molar refractivity (Wildman–Crippen MR) is 64.3 cm³/mol. The summed E-state index contributed by atoms with van der Waals surface area (Å²) in [7, 11) is 1.37. The zero-order valence-corrected chi connectivity index (χ0v) is 10.1. The van der Waals surface area contributed by atoms with Crippen molar-refractivity contribution in [2.45, 2.75) is 19.8 Å². The van der Waals surface area contributed by atoms with Gasteiger partial charge >= 0.3 is 5.97 Å². The summed E-state index contributed by atoms with van der Waals surface area (Å²) in [5.74, 6) is -0.247. The second-order valence-electron chi connectivity index (χ2n) is 3.50. The average Bonchev–Trinajstić information content (AvgIpc) is 2.26. The van der Waals surface area contributed by atoms with Crippen LogP contribution < -0.4 is 0 Å². The number of carbonyl (C=O) groups excluding carboxylic acids is 1. The van der Waals surface area contributed by atoms with Crippen LogP contribution in [0.25, 0.3) is 0 Å². The molecule has 0 spiro atoms. The Morgan fingerprint density at radius 2 is 2.19 bits per heavy atom. The quantitative estimate of drug-likeness (QED) is 0.649. The Morgan fingerprint density at radius 1 is 1.50 bits per heavy atom. The number of ether oxygens (including phenoxy) is 1. The summed E-state index contributed by atoms with van der Waals surface area (Å²) in [5, 5.41) is 8.23. The second kappa shape index (κ2) is 5.66. The Morgan fingerprint density at radius 3 is 2.75 bits per heavy atom. The van der Waals surface area contributed by atoms with Crippen LogP contribution in [0.4, 0.5) is 0 Å². The van der Waals surface area contributed by atoms with Gasteiger partial charge in [0.15, 0.2) is 0 Å². The molecule has 0 bridgehead atoms. The van der Waals surface area contributed by atoms with Crippen LogP contribution in [0.3, 0.4) is 0 Å². The minimum absolute atomic E-state index is 0.247. The predicted octanol–water partition coefficient (Wildman–Crippen LogP) is 2.83. The first-order valence-electron chi connectivity index (χ1n) is 4.95. The van der Waals surface area contributed by atoms with Gasteiger partial charge in [-0.15, -0.1) is 0 Å².